The molecule has 0 spiro atoms. The van der Waals surface area contributed by atoms with Crippen molar-refractivity contribution in [1.82, 2.24) is 14.8 Å². The van der Waals surface area contributed by atoms with Crippen molar-refractivity contribution in [2.75, 3.05) is 7.11 Å². The third kappa shape index (κ3) is 4.36. The Balaban J connectivity index is 1.84. The zero-order valence-electron chi connectivity index (χ0n) is 17.6. The van der Waals surface area contributed by atoms with E-state index in [0.29, 0.717) is 18.7 Å². The van der Waals surface area contributed by atoms with Gasteiger partial charge in [-0.1, -0.05) is 0 Å². The second kappa shape index (κ2) is 7.88. The van der Waals surface area contributed by atoms with Crippen molar-refractivity contribution in [3.05, 3.63) is 53.0 Å². The van der Waals surface area contributed by atoms with Gasteiger partial charge in [-0.05, 0) is 45.0 Å². The van der Waals surface area contributed by atoms with E-state index in [-0.39, 0.29) is 11.9 Å². The third-order valence-corrected chi connectivity index (χ3v) is 5.06. The number of aromatic nitrogens is 3. The van der Waals surface area contributed by atoms with Crippen molar-refractivity contribution in [2.45, 2.75) is 46.3 Å². The average Bonchev–Trinajstić information content (AvgIpc) is 3.05. The molecule has 0 N–H and O–H groups in total. The summed E-state index contributed by atoms with van der Waals surface area (Å²) in [6, 6.07) is 8.17. The average molecular weight is 433 g/mol. The zero-order chi connectivity index (χ0) is 22.3. The molecule has 3 aromatic rings. The summed E-state index contributed by atoms with van der Waals surface area (Å²) in [6.45, 7) is 6.21. The summed E-state index contributed by atoms with van der Waals surface area (Å²) in [6.07, 6.45) is -4.20. The van der Waals surface area contributed by atoms with E-state index in [2.05, 4.69) is 9.72 Å². The Kier molecular flexibility index (Phi) is 5.38. The Morgan fingerprint density at radius 2 is 1.81 bits per heavy atom. The van der Waals surface area contributed by atoms with E-state index in [1.807, 2.05) is 32.9 Å². The van der Waals surface area contributed by atoms with Gasteiger partial charge in [0, 0.05) is 35.0 Å². The third-order valence-electron chi connectivity index (χ3n) is 5.06. The summed E-state index contributed by atoms with van der Waals surface area (Å²) in [5.74, 6) is -0.437. The van der Waals surface area contributed by atoms with Crippen LogP contribution in [0.4, 0.5) is 13.2 Å². The van der Waals surface area contributed by atoms with Gasteiger partial charge in [-0.15, -0.1) is 13.2 Å². The number of hydrogen-bond donors (Lipinski definition) is 0. The lowest BCUT2D eigenvalue weighted by molar-refractivity contribution is -0.275. The van der Waals surface area contributed by atoms with Crippen molar-refractivity contribution in [1.29, 1.82) is 0 Å². The van der Waals surface area contributed by atoms with Crippen LogP contribution in [0, 0.1) is 13.8 Å². The van der Waals surface area contributed by atoms with Gasteiger partial charge >= 0.3 is 6.36 Å². The van der Waals surface area contributed by atoms with E-state index in [9.17, 15) is 13.2 Å². The van der Waals surface area contributed by atoms with Crippen LogP contribution >= 0.6 is 0 Å². The van der Waals surface area contributed by atoms with Crippen LogP contribution in [0.15, 0.2) is 30.3 Å². The fourth-order valence-corrected chi connectivity index (χ4v) is 3.82. The lowest BCUT2D eigenvalue weighted by Crippen LogP contribution is -2.21. The van der Waals surface area contributed by atoms with Crippen LogP contribution in [0.5, 0.6) is 11.5 Å². The van der Waals surface area contributed by atoms with E-state index in [4.69, 9.17) is 14.6 Å². The summed E-state index contributed by atoms with van der Waals surface area (Å²) < 4.78 is 54.9. The fourth-order valence-electron chi connectivity index (χ4n) is 3.82. The number of hydrogen-bond acceptors (Lipinski definition) is 5. The van der Waals surface area contributed by atoms with Crippen LogP contribution in [0.25, 0.3) is 16.9 Å². The molecule has 9 heteroatoms. The minimum absolute atomic E-state index is 0.00792. The first kappa shape index (κ1) is 21.2. The van der Waals surface area contributed by atoms with Gasteiger partial charge in [0.25, 0.3) is 0 Å². The molecule has 0 radical (unpaired) electrons. The second-order valence-electron chi connectivity index (χ2n) is 7.53. The van der Waals surface area contributed by atoms with Gasteiger partial charge < -0.3 is 14.2 Å². The Morgan fingerprint density at radius 1 is 1.10 bits per heavy atom. The minimum Gasteiger partial charge on any atom is -0.493 e. The predicted octanol–water partition coefficient (Wildman–Crippen LogP) is 4.92. The van der Waals surface area contributed by atoms with Gasteiger partial charge in [0.2, 0.25) is 0 Å². The maximum Gasteiger partial charge on any atom is 0.573 e. The molecule has 4 rings (SSSR count). The molecule has 0 saturated carbocycles. The van der Waals surface area contributed by atoms with Gasteiger partial charge in [0.05, 0.1) is 36.9 Å². The summed E-state index contributed by atoms with van der Waals surface area (Å²) in [5.41, 5.74) is 5.92. The number of ether oxygens (including phenoxy) is 3. The largest absolute Gasteiger partial charge is 0.573 e. The Morgan fingerprint density at radius 3 is 2.45 bits per heavy atom. The van der Waals surface area contributed by atoms with E-state index < -0.39 is 12.1 Å². The Bertz CT molecular complexity index is 1100. The molecular weight excluding hydrogens is 411 g/mol. The van der Waals surface area contributed by atoms with Crippen LogP contribution in [0.1, 0.15) is 29.6 Å². The molecule has 0 saturated heterocycles. The first-order chi connectivity index (χ1) is 14.6. The van der Waals surface area contributed by atoms with E-state index in [1.54, 1.807) is 4.68 Å². The molecule has 0 unspecified atom stereocenters. The number of pyridine rings is 1. The van der Waals surface area contributed by atoms with Gasteiger partial charge in [0.1, 0.15) is 0 Å². The van der Waals surface area contributed by atoms with Crippen LogP contribution in [0.2, 0.25) is 0 Å². The molecule has 1 atom stereocenters. The number of fused-ring (bicyclic) bond motifs is 1. The lowest BCUT2D eigenvalue weighted by atomic mass is 10.0. The predicted molar refractivity (Wildman–Crippen MR) is 107 cm³/mol. The SMILES string of the molecule is COc1cc(-n2nc(-c3cc(C)nc(C)c3)c3c2C[C@H](C)OC3)ccc1OC(F)(F)F. The van der Waals surface area contributed by atoms with Crippen LogP contribution in [0.3, 0.4) is 0 Å². The summed E-state index contributed by atoms with van der Waals surface area (Å²) >= 11 is 0. The first-order valence-electron chi connectivity index (χ1n) is 9.77. The zero-order valence-corrected chi connectivity index (χ0v) is 17.6. The molecule has 0 fully saturated rings. The van der Waals surface area contributed by atoms with E-state index >= 15 is 0 Å². The molecule has 0 bridgehead atoms. The van der Waals surface area contributed by atoms with Gasteiger partial charge in [0.15, 0.2) is 11.5 Å². The number of aryl methyl sites for hydroxylation is 2. The highest BCUT2D eigenvalue weighted by molar-refractivity contribution is 5.66. The molecule has 0 amide bonds. The molecule has 1 aromatic carbocycles. The van der Waals surface area contributed by atoms with Crippen molar-refractivity contribution >= 4 is 0 Å². The van der Waals surface area contributed by atoms with E-state index in [1.165, 1.54) is 25.3 Å². The van der Waals surface area contributed by atoms with Crippen LogP contribution in [-0.2, 0) is 17.8 Å². The van der Waals surface area contributed by atoms with Gasteiger partial charge in [-0.3, -0.25) is 4.98 Å². The standard InChI is InChI=1S/C22H22F3N3O3/c1-12-7-15(8-13(2)26-12)21-17-11-30-14(3)9-18(17)28(27-21)16-5-6-19(20(10-16)29-4)31-22(23,24)25/h5-8,10,14H,9,11H2,1-4H3/t14-/m0/s1. The molecule has 2 aromatic heterocycles. The molecule has 0 aliphatic carbocycles. The molecule has 1 aliphatic heterocycles. The van der Waals surface area contributed by atoms with Crippen molar-refractivity contribution in [3.63, 3.8) is 0 Å². The monoisotopic (exact) mass is 433 g/mol. The normalized spacial score (nSPS) is 16.2. The number of methoxy groups -OCH3 is 1. The maximum atomic E-state index is 12.7. The number of rotatable bonds is 4. The Labute approximate surface area is 177 Å². The van der Waals surface area contributed by atoms with Crippen molar-refractivity contribution in [2.24, 2.45) is 0 Å². The smallest absolute Gasteiger partial charge is 0.493 e. The highest BCUT2D eigenvalue weighted by Crippen LogP contribution is 2.37. The summed E-state index contributed by atoms with van der Waals surface area (Å²) in [5, 5.41) is 4.82. The minimum atomic E-state index is -4.81. The molecular formula is C22H22F3N3O3. The highest BCUT2D eigenvalue weighted by atomic mass is 19.4. The molecule has 31 heavy (non-hydrogen) atoms. The summed E-state index contributed by atoms with van der Waals surface area (Å²) in [7, 11) is 1.30. The number of halogens is 3. The maximum absolute atomic E-state index is 12.7. The number of alkyl halides is 3. The lowest BCUT2D eigenvalue weighted by Gasteiger charge is -2.21. The van der Waals surface area contributed by atoms with Crippen LogP contribution < -0.4 is 9.47 Å². The molecule has 1 aliphatic rings. The quantitative estimate of drug-likeness (QED) is 0.585. The van der Waals surface area contributed by atoms with Gasteiger partial charge in [-0.2, -0.15) is 5.10 Å². The van der Waals surface area contributed by atoms with Crippen molar-refractivity contribution < 1.29 is 27.4 Å². The topological polar surface area (TPSA) is 58.4 Å². The second-order valence-corrected chi connectivity index (χ2v) is 7.53. The molecule has 164 valence electrons. The first-order valence-corrected chi connectivity index (χ1v) is 9.77. The van der Waals surface area contributed by atoms with E-state index in [0.717, 1.165) is 33.9 Å². The number of benzene rings is 1. The van der Waals surface area contributed by atoms with Gasteiger partial charge in [-0.25, -0.2) is 4.68 Å². The highest BCUT2D eigenvalue weighted by Gasteiger charge is 2.33. The number of nitrogens with zero attached hydrogens (tertiary/aromatic N) is 3. The van der Waals surface area contributed by atoms with Crippen molar-refractivity contribution in [3.8, 4) is 28.4 Å². The van der Waals surface area contributed by atoms with Crippen LogP contribution in [-0.4, -0.2) is 34.3 Å². The summed E-state index contributed by atoms with van der Waals surface area (Å²) in [4.78, 5) is 4.42. The molecule has 3 heterocycles. The molecule has 6 nitrogen and oxygen atoms in total. The fraction of sp³-hybridized carbons (Fsp3) is 0.364. The Hall–Kier alpha value is -3.07.